The van der Waals surface area contributed by atoms with Crippen molar-refractivity contribution >= 4 is 11.4 Å². The highest BCUT2D eigenvalue weighted by Crippen LogP contribution is 2.21. The Morgan fingerprint density at radius 3 is 2.00 bits per heavy atom. The summed E-state index contributed by atoms with van der Waals surface area (Å²) in [6, 6.07) is 27.6. The Balaban J connectivity index is 1.71. The fourth-order valence-electron chi connectivity index (χ4n) is 2.41. The van der Waals surface area contributed by atoms with E-state index >= 15 is 0 Å². The molecule has 0 amide bonds. The average molecular weight is 273 g/mol. The maximum atomic E-state index is 3.46. The highest BCUT2D eigenvalue weighted by Gasteiger charge is 1.99. The molecular weight excluding hydrogens is 254 g/mol. The number of benzene rings is 3. The highest BCUT2D eigenvalue weighted by molar-refractivity contribution is 5.63. The van der Waals surface area contributed by atoms with E-state index in [4.69, 9.17) is 0 Å². The van der Waals surface area contributed by atoms with Crippen LogP contribution in [0.1, 0.15) is 16.7 Å². The van der Waals surface area contributed by atoms with Gasteiger partial charge in [-0.3, -0.25) is 0 Å². The molecule has 3 aromatic rings. The number of nitrogens with one attached hydrogen (secondary N) is 1. The van der Waals surface area contributed by atoms with E-state index in [1.54, 1.807) is 0 Å². The van der Waals surface area contributed by atoms with Crippen LogP contribution in [0.3, 0.4) is 0 Å². The van der Waals surface area contributed by atoms with Crippen molar-refractivity contribution in [2.45, 2.75) is 13.3 Å². The van der Waals surface area contributed by atoms with Crippen LogP contribution in [0.2, 0.25) is 0 Å². The van der Waals surface area contributed by atoms with E-state index < -0.39 is 0 Å². The monoisotopic (exact) mass is 273 g/mol. The summed E-state index contributed by atoms with van der Waals surface area (Å²) in [4.78, 5) is 0. The molecule has 0 aliphatic heterocycles. The molecule has 1 N–H and O–H groups in total. The summed E-state index contributed by atoms with van der Waals surface area (Å²) in [5.41, 5.74) is 6.22. The molecule has 3 aromatic carbocycles. The van der Waals surface area contributed by atoms with Crippen molar-refractivity contribution in [3.63, 3.8) is 0 Å². The number of anilines is 2. The third-order valence-corrected chi connectivity index (χ3v) is 3.63. The van der Waals surface area contributed by atoms with Gasteiger partial charge in [0.05, 0.1) is 0 Å². The minimum absolute atomic E-state index is 0.978. The van der Waals surface area contributed by atoms with Crippen LogP contribution in [-0.2, 0) is 6.42 Å². The summed E-state index contributed by atoms with van der Waals surface area (Å²) < 4.78 is 0. The topological polar surface area (TPSA) is 12.0 Å². The third-order valence-electron chi connectivity index (χ3n) is 3.63. The van der Waals surface area contributed by atoms with Crippen LogP contribution in [0.5, 0.6) is 0 Å². The molecule has 0 bridgehead atoms. The largest absolute Gasteiger partial charge is 0.355 e. The van der Waals surface area contributed by atoms with Crippen LogP contribution < -0.4 is 5.32 Å². The van der Waals surface area contributed by atoms with Crippen LogP contribution in [-0.4, -0.2) is 0 Å². The minimum Gasteiger partial charge on any atom is -0.355 e. The fourth-order valence-corrected chi connectivity index (χ4v) is 2.41. The van der Waals surface area contributed by atoms with Gasteiger partial charge in [0.2, 0.25) is 0 Å². The van der Waals surface area contributed by atoms with Crippen molar-refractivity contribution in [3.8, 4) is 0 Å². The van der Waals surface area contributed by atoms with Gasteiger partial charge in [0.15, 0.2) is 0 Å². The van der Waals surface area contributed by atoms with Crippen LogP contribution in [0.15, 0.2) is 78.9 Å². The lowest BCUT2D eigenvalue weighted by atomic mass is 10.0. The molecule has 0 aromatic heterocycles. The Morgan fingerprint density at radius 1 is 0.667 bits per heavy atom. The summed E-state index contributed by atoms with van der Waals surface area (Å²) in [6.07, 6.45) is 0.978. The number of hydrogen-bond acceptors (Lipinski definition) is 1. The molecule has 21 heavy (non-hydrogen) atoms. The second kappa shape index (κ2) is 6.27. The Kier molecular flexibility index (Phi) is 4.02. The molecule has 0 aliphatic carbocycles. The standard InChI is InChI=1S/C20H19N/c1-16-7-5-6-10-20(16)21-19-13-11-18(12-14-19)15-17-8-3-2-4-9-17/h2-14,21H,15H2,1H3. The van der Waals surface area contributed by atoms with Gasteiger partial charge >= 0.3 is 0 Å². The molecule has 1 heteroatoms. The molecule has 0 atom stereocenters. The van der Waals surface area contributed by atoms with Crippen LogP contribution >= 0.6 is 0 Å². The zero-order valence-electron chi connectivity index (χ0n) is 12.2. The van der Waals surface area contributed by atoms with E-state index in [0.717, 1.165) is 17.8 Å². The Bertz CT molecular complexity index is 699. The van der Waals surface area contributed by atoms with E-state index in [0.29, 0.717) is 0 Å². The van der Waals surface area contributed by atoms with E-state index in [1.165, 1.54) is 16.7 Å². The summed E-state index contributed by atoms with van der Waals surface area (Å²) >= 11 is 0. The summed E-state index contributed by atoms with van der Waals surface area (Å²) in [5.74, 6) is 0. The van der Waals surface area contributed by atoms with Crippen molar-refractivity contribution in [2.24, 2.45) is 0 Å². The zero-order chi connectivity index (χ0) is 14.5. The number of hydrogen-bond donors (Lipinski definition) is 1. The van der Waals surface area contributed by atoms with Crippen molar-refractivity contribution < 1.29 is 0 Å². The van der Waals surface area contributed by atoms with Crippen LogP contribution in [0.25, 0.3) is 0 Å². The molecule has 0 spiro atoms. The molecule has 0 saturated carbocycles. The molecule has 3 rings (SSSR count). The van der Waals surface area contributed by atoms with Crippen LogP contribution in [0, 0.1) is 6.92 Å². The van der Waals surface area contributed by atoms with Gasteiger partial charge in [0.1, 0.15) is 0 Å². The van der Waals surface area contributed by atoms with E-state index in [1.807, 2.05) is 0 Å². The first-order chi connectivity index (χ1) is 10.3. The summed E-state index contributed by atoms with van der Waals surface area (Å²) in [5, 5.41) is 3.46. The van der Waals surface area contributed by atoms with Crippen molar-refractivity contribution in [3.05, 3.63) is 95.6 Å². The SMILES string of the molecule is Cc1ccccc1Nc1ccc(Cc2ccccc2)cc1. The first kappa shape index (κ1) is 13.4. The Hall–Kier alpha value is -2.54. The lowest BCUT2D eigenvalue weighted by molar-refractivity contribution is 1.19. The number of aryl methyl sites for hydroxylation is 1. The van der Waals surface area contributed by atoms with Gasteiger partial charge in [-0.2, -0.15) is 0 Å². The van der Waals surface area contributed by atoms with Gasteiger partial charge in [-0.1, -0.05) is 60.7 Å². The first-order valence-electron chi connectivity index (χ1n) is 7.27. The predicted octanol–water partition coefficient (Wildman–Crippen LogP) is 5.33. The van der Waals surface area contributed by atoms with E-state index in [-0.39, 0.29) is 0 Å². The third kappa shape index (κ3) is 3.51. The molecule has 0 saturated heterocycles. The molecule has 104 valence electrons. The quantitative estimate of drug-likeness (QED) is 0.677. The first-order valence-corrected chi connectivity index (χ1v) is 7.27. The zero-order valence-corrected chi connectivity index (χ0v) is 12.2. The number of para-hydroxylation sites is 1. The average Bonchev–Trinajstić information content (AvgIpc) is 2.52. The fraction of sp³-hybridized carbons (Fsp3) is 0.100. The van der Waals surface area contributed by atoms with Crippen LogP contribution in [0.4, 0.5) is 11.4 Å². The Labute approximate surface area is 126 Å². The molecule has 0 fully saturated rings. The second-order valence-corrected chi connectivity index (χ2v) is 5.30. The van der Waals surface area contributed by atoms with Gasteiger partial charge in [-0.25, -0.2) is 0 Å². The smallest absolute Gasteiger partial charge is 0.0413 e. The lowest BCUT2D eigenvalue weighted by Gasteiger charge is -2.10. The predicted molar refractivity (Wildman–Crippen MR) is 90.2 cm³/mol. The van der Waals surface area contributed by atoms with Gasteiger partial charge in [-0.15, -0.1) is 0 Å². The molecular formula is C20H19N. The molecule has 0 unspecified atom stereocenters. The highest BCUT2D eigenvalue weighted by atomic mass is 14.9. The van der Waals surface area contributed by atoms with Crippen molar-refractivity contribution in [2.75, 3.05) is 5.32 Å². The second-order valence-electron chi connectivity index (χ2n) is 5.30. The number of rotatable bonds is 4. The van der Waals surface area contributed by atoms with Crippen molar-refractivity contribution in [1.82, 2.24) is 0 Å². The van der Waals surface area contributed by atoms with Gasteiger partial charge in [-0.05, 0) is 48.2 Å². The molecule has 0 aliphatic rings. The molecule has 0 radical (unpaired) electrons. The molecule has 1 nitrogen and oxygen atoms in total. The van der Waals surface area contributed by atoms with Gasteiger partial charge < -0.3 is 5.32 Å². The normalized spacial score (nSPS) is 10.3. The molecule has 0 heterocycles. The Morgan fingerprint density at radius 2 is 1.29 bits per heavy atom. The van der Waals surface area contributed by atoms with Gasteiger partial charge in [0, 0.05) is 11.4 Å². The summed E-state index contributed by atoms with van der Waals surface area (Å²) in [7, 11) is 0. The maximum Gasteiger partial charge on any atom is 0.0413 e. The van der Waals surface area contributed by atoms with Crippen molar-refractivity contribution in [1.29, 1.82) is 0 Å². The van der Waals surface area contributed by atoms with Gasteiger partial charge in [0.25, 0.3) is 0 Å². The maximum absolute atomic E-state index is 3.46. The van der Waals surface area contributed by atoms with E-state index in [9.17, 15) is 0 Å². The summed E-state index contributed by atoms with van der Waals surface area (Å²) in [6.45, 7) is 2.12. The lowest BCUT2D eigenvalue weighted by Crippen LogP contribution is -1.93. The minimum atomic E-state index is 0.978. The van der Waals surface area contributed by atoms with E-state index in [2.05, 4.69) is 91.1 Å².